The van der Waals surface area contributed by atoms with Crippen molar-refractivity contribution in [3.8, 4) is 11.8 Å². The second-order valence-electron chi connectivity index (χ2n) is 5.22. The Morgan fingerprint density at radius 2 is 2.25 bits per heavy atom. The summed E-state index contributed by atoms with van der Waals surface area (Å²) in [6.07, 6.45) is 2.21. The summed E-state index contributed by atoms with van der Waals surface area (Å²) in [6, 6.07) is 9.53. The monoisotopic (exact) mass is 274 g/mol. The Balaban J connectivity index is 1.66. The van der Waals surface area contributed by atoms with Crippen LogP contribution in [0.4, 0.5) is 0 Å². The first-order valence-electron chi connectivity index (χ1n) is 7.16. The lowest BCUT2D eigenvalue weighted by atomic mass is 10.1. The molecule has 1 aromatic rings. The molecule has 4 nitrogen and oxygen atoms in total. The molecule has 1 heterocycles. The molecular weight excluding hydrogens is 252 g/mol. The fraction of sp³-hybridized carbons (Fsp3) is 0.562. The lowest BCUT2D eigenvalue weighted by Gasteiger charge is -2.16. The average Bonchev–Trinajstić information content (AvgIpc) is 2.92. The van der Waals surface area contributed by atoms with E-state index in [1.54, 1.807) is 13.2 Å². The quantitative estimate of drug-likeness (QED) is 0.716. The standard InChI is InChI=1S/C16H22N2O2/c1-19-13-14-7-9-18(12-14)8-4-10-20-16-6-3-2-5-15(16)11-17/h2-3,5-6,14H,4,7-10,12-13H2,1H3. The van der Waals surface area contributed by atoms with Gasteiger partial charge in [-0.15, -0.1) is 0 Å². The topological polar surface area (TPSA) is 45.5 Å². The van der Waals surface area contributed by atoms with Crippen LogP contribution in [0, 0.1) is 17.2 Å². The van der Waals surface area contributed by atoms with Crippen molar-refractivity contribution in [1.29, 1.82) is 5.26 Å². The van der Waals surface area contributed by atoms with Crippen LogP contribution in [0.5, 0.6) is 5.75 Å². The molecule has 1 fully saturated rings. The highest BCUT2D eigenvalue weighted by Crippen LogP contribution is 2.18. The van der Waals surface area contributed by atoms with Crippen molar-refractivity contribution < 1.29 is 9.47 Å². The molecule has 0 saturated carbocycles. The molecule has 20 heavy (non-hydrogen) atoms. The maximum atomic E-state index is 8.98. The molecule has 0 bridgehead atoms. The van der Waals surface area contributed by atoms with E-state index >= 15 is 0 Å². The molecule has 0 aromatic heterocycles. The van der Waals surface area contributed by atoms with E-state index in [0.717, 1.165) is 32.7 Å². The van der Waals surface area contributed by atoms with Crippen LogP contribution >= 0.6 is 0 Å². The van der Waals surface area contributed by atoms with Crippen molar-refractivity contribution in [2.24, 2.45) is 5.92 Å². The number of hydrogen-bond acceptors (Lipinski definition) is 4. The van der Waals surface area contributed by atoms with Gasteiger partial charge >= 0.3 is 0 Å². The van der Waals surface area contributed by atoms with Gasteiger partial charge in [0.05, 0.1) is 18.8 Å². The number of nitrogens with zero attached hydrogens (tertiary/aromatic N) is 2. The van der Waals surface area contributed by atoms with Crippen LogP contribution in [-0.4, -0.2) is 44.9 Å². The number of methoxy groups -OCH3 is 1. The Morgan fingerprint density at radius 1 is 1.40 bits per heavy atom. The summed E-state index contributed by atoms with van der Waals surface area (Å²) in [7, 11) is 1.77. The molecule has 2 rings (SSSR count). The summed E-state index contributed by atoms with van der Waals surface area (Å²) in [5.41, 5.74) is 0.605. The summed E-state index contributed by atoms with van der Waals surface area (Å²) in [5.74, 6) is 1.37. The second-order valence-corrected chi connectivity index (χ2v) is 5.22. The minimum absolute atomic E-state index is 0.605. The highest BCUT2D eigenvalue weighted by Gasteiger charge is 2.21. The minimum atomic E-state index is 0.605. The van der Waals surface area contributed by atoms with E-state index in [0.29, 0.717) is 23.8 Å². The van der Waals surface area contributed by atoms with Gasteiger partial charge in [0.15, 0.2) is 0 Å². The summed E-state index contributed by atoms with van der Waals surface area (Å²) < 4.78 is 10.9. The predicted octanol–water partition coefficient (Wildman–Crippen LogP) is 2.30. The van der Waals surface area contributed by atoms with E-state index in [1.807, 2.05) is 18.2 Å². The molecule has 1 unspecified atom stereocenters. The number of nitriles is 1. The first kappa shape index (κ1) is 14.8. The maximum Gasteiger partial charge on any atom is 0.137 e. The van der Waals surface area contributed by atoms with Crippen molar-refractivity contribution >= 4 is 0 Å². The van der Waals surface area contributed by atoms with Gasteiger partial charge in [-0.1, -0.05) is 12.1 Å². The van der Waals surface area contributed by atoms with Crippen molar-refractivity contribution in [1.82, 2.24) is 4.90 Å². The van der Waals surface area contributed by atoms with Gasteiger partial charge in [0.1, 0.15) is 11.8 Å². The van der Waals surface area contributed by atoms with E-state index in [-0.39, 0.29) is 0 Å². The molecule has 0 aliphatic carbocycles. The third kappa shape index (κ3) is 4.22. The van der Waals surface area contributed by atoms with E-state index in [9.17, 15) is 0 Å². The number of ether oxygens (including phenoxy) is 2. The normalized spacial score (nSPS) is 18.9. The molecule has 108 valence electrons. The van der Waals surface area contributed by atoms with Crippen LogP contribution in [0.1, 0.15) is 18.4 Å². The maximum absolute atomic E-state index is 8.98. The zero-order valence-corrected chi connectivity index (χ0v) is 12.0. The SMILES string of the molecule is COCC1CCN(CCCOc2ccccc2C#N)C1. The van der Waals surface area contributed by atoms with Crippen molar-refractivity contribution in [3.05, 3.63) is 29.8 Å². The molecule has 4 heteroatoms. The Hall–Kier alpha value is -1.57. The number of hydrogen-bond donors (Lipinski definition) is 0. The van der Waals surface area contributed by atoms with E-state index in [1.165, 1.54) is 6.42 Å². The van der Waals surface area contributed by atoms with Crippen LogP contribution in [0.2, 0.25) is 0 Å². The molecule has 0 amide bonds. The van der Waals surface area contributed by atoms with Crippen molar-refractivity contribution in [2.75, 3.05) is 40.0 Å². The number of likely N-dealkylation sites (tertiary alicyclic amines) is 1. The Labute approximate surface area is 120 Å². The Kier molecular flexibility index (Phi) is 5.85. The van der Waals surface area contributed by atoms with Gasteiger partial charge < -0.3 is 14.4 Å². The average molecular weight is 274 g/mol. The lowest BCUT2D eigenvalue weighted by Crippen LogP contribution is -2.24. The smallest absolute Gasteiger partial charge is 0.137 e. The molecule has 1 aliphatic heterocycles. The molecule has 1 saturated heterocycles. The van der Waals surface area contributed by atoms with Gasteiger partial charge in [-0.2, -0.15) is 5.26 Å². The molecule has 1 aromatic carbocycles. The highest BCUT2D eigenvalue weighted by atomic mass is 16.5. The van der Waals surface area contributed by atoms with Gasteiger partial charge in [-0.3, -0.25) is 0 Å². The van der Waals surface area contributed by atoms with E-state index in [4.69, 9.17) is 14.7 Å². The largest absolute Gasteiger partial charge is 0.492 e. The highest BCUT2D eigenvalue weighted by molar-refractivity contribution is 5.42. The van der Waals surface area contributed by atoms with Gasteiger partial charge in [-0.25, -0.2) is 0 Å². The van der Waals surface area contributed by atoms with Gasteiger partial charge in [0, 0.05) is 20.2 Å². The fourth-order valence-corrected chi connectivity index (χ4v) is 2.64. The summed E-state index contributed by atoms with van der Waals surface area (Å²) >= 11 is 0. The minimum Gasteiger partial charge on any atom is -0.492 e. The molecular formula is C16H22N2O2. The third-order valence-electron chi connectivity index (χ3n) is 3.66. The number of para-hydroxylation sites is 1. The molecule has 0 radical (unpaired) electrons. The lowest BCUT2D eigenvalue weighted by molar-refractivity contribution is 0.152. The Bertz CT molecular complexity index is 456. The van der Waals surface area contributed by atoms with E-state index in [2.05, 4.69) is 11.0 Å². The van der Waals surface area contributed by atoms with E-state index < -0.39 is 0 Å². The van der Waals surface area contributed by atoms with Crippen LogP contribution in [0.15, 0.2) is 24.3 Å². The summed E-state index contributed by atoms with van der Waals surface area (Å²) in [5, 5.41) is 8.98. The van der Waals surface area contributed by atoms with Gasteiger partial charge in [0.2, 0.25) is 0 Å². The van der Waals surface area contributed by atoms with Gasteiger partial charge in [-0.05, 0) is 37.4 Å². The summed E-state index contributed by atoms with van der Waals surface area (Å²) in [4.78, 5) is 2.46. The third-order valence-corrected chi connectivity index (χ3v) is 3.66. The zero-order valence-electron chi connectivity index (χ0n) is 12.0. The molecule has 1 atom stereocenters. The predicted molar refractivity (Wildman–Crippen MR) is 77.7 cm³/mol. The van der Waals surface area contributed by atoms with Crippen LogP contribution in [0.25, 0.3) is 0 Å². The zero-order chi connectivity index (χ0) is 14.2. The summed E-state index contributed by atoms with van der Waals surface area (Å²) in [6.45, 7) is 4.85. The molecule has 0 spiro atoms. The second kappa shape index (κ2) is 7.88. The van der Waals surface area contributed by atoms with Crippen molar-refractivity contribution in [3.63, 3.8) is 0 Å². The van der Waals surface area contributed by atoms with Crippen LogP contribution < -0.4 is 4.74 Å². The number of benzene rings is 1. The molecule has 0 N–H and O–H groups in total. The first-order chi connectivity index (χ1) is 9.83. The Morgan fingerprint density at radius 3 is 3.05 bits per heavy atom. The van der Waals surface area contributed by atoms with Crippen molar-refractivity contribution in [2.45, 2.75) is 12.8 Å². The molecule has 1 aliphatic rings. The number of rotatable bonds is 7. The van der Waals surface area contributed by atoms with Gasteiger partial charge in [0.25, 0.3) is 0 Å². The van der Waals surface area contributed by atoms with Crippen LogP contribution in [-0.2, 0) is 4.74 Å². The fourth-order valence-electron chi connectivity index (χ4n) is 2.64. The van der Waals surface area contributed by atoms with Crippen LogP contribution in [0.3, 0.4) is 0 Å². The first-order valence-corrected chi connectivity index (χ1v) is 7.16.